The second kappa shape index (κ2) is 7.80. The maximum Gasteiger partial charge on any atom is 0.269 e. The van der Waals surface area contributed by atoms with Crippen molar-refractivity contribution in [2.45, 2.75) is 31.8 Å². The summed E-state index contributed by atoms with van der Waals surface area (Å²) in [6.07, 6.45) is 4.83. The Morgan fingerprint density at radius 1 is 1.31 bits per heavy atom. The molecular formula is C19H21ClN2O2S2. The van der Waals surface area contributed by atoms with Crippen LogP contribution < -0.4 is 5.32 Å². The Bertz CT molecular complexity index is 828. The third-order valence-corrected chi connectivity index (χ3v) is 6.91. The second-order valence-corrected chi connectivity index (χ2v) is 8.80. The molecule has 1 atom stereocenters. The molecule has 1 unspecified atom stereocenters. The Labute approximate surface area is 167 Å². The summed E-state index contributed by atoms with van der Waals surface area (Å²) >= 11 is 13.4. The van der Waals surface area contributed by atoms with E-state index in [4.69, 9.17) is 28.6 Å². The molecule has 26 heavy (non-hydrogen) atoms. The lowest BCUT2D eigenvalue weighted by Crippen LogP contribution is -2.46. The highest BCUT2D eigenvalue weighted by molar-refractivity contribution is 7.80. The van der Waals surface area contributed by atoms with Gasteiger partial charge in [0.25, 0.3) is 5.91 Å². The molecule has 2 aromatic rings. The van der Waals surface area contributed by atoms with E-state index in [9.17, 15) is 4.79 Å². The number of thiophene rings is 1. The average molecular weight is 409 g/mol. The van der Waals surface area contributed by atoms with Crippen LogP contribution in [0.3, 0.4) is 0 Å². The van der Waals surface area contributed by atoms with Gasteiger partial charge in [-0.05, 0) is 49.9 Å². The van der Waals surface area contributed by atoms with Crippen LogP contribution in [-0.4, -0.2) is 41.7 Å². The van der Waals surface area contributed by atoms with E-state index in [1.165, 1.54) is 24.2 Å². The van der Waals surface area contributed by atoms with Gasteiger partial charge in [-0.2, -0.15) is 0 Å². The van der Waals surface area contributed by atoms with Gasteiger partial charge in [0.05, 0.1) is 11.1 Å². The van der Waals surface area contributed by atoms with Gasteiger partial charge in [0.1, 0.15) is 4.88 Å². The van der Waals surface area contributed by atoms with Crippen LogP contribution in [0.2, 0.25) is 5.02 Å². The van der Waals surface area contributed by atoms with Crippen molar-refractivity contribution in [1.29, 1.82) is 0 Å². The van der Waals surface area contributed by atoms with E-state index in [-0.39, 0.29) is 12.0 Å². The first-order valence-corrected chi connectivity index (χ1v) is 10.6. The third-order valence-electron chi connectivity index (χ3n) is 4.87. The highest BCUT2D eigenvalue weighted by Crippen LogP contribution is 2.35. The zero-order valence-corrected chi connectivity index (χ0v) is 16.8. The summed E-state index contributed by atoms with van der Waals surface area (Å²) in [5.41, 5.74) is 0. The van der Waals surface area contributed by atoms with E-state index in [1.54, 1.807) is 0 Å². The van der Waals surface area contributed by atoms with E-state index in [2.05, 4.69) is 10.2 Å². The Morgan fingerprint density at radius 3 is 2.81 bits per heavy atom. The number of nitrogens with zero attached hydrogens (tertiary/aromatic N) is 1. The number of thiocarbonyl (C=S) groups is 1. The first-order chi connectivity index (χ1) is 12.6. The van der Waals surface area contributed by atoms with Gasteiger partial charge in [-0.25, -0.2) is 0 Å². The Balaban J connectivity index is 1.46. The Kier molecular flexibility index (Phi) is 5.45. The first kappa shape index (κ1) is 18.2. The van der Waals surface area contributed by atoms with Crippen molar-refractivity contribution >= 4 is 56.3 Å². The van der Waals surface area contributed by atoms with Gasteiger partial charge < -0.3 is 9.64 Å². The van der Waals surface area contributed by atoms with Crippen molar-refractivity contribution < 1.29 is 9.53 Å². The molecule has 4 nitrogen and oxygen atoms in total. The fraction of sp³-hybridized carbons (Fsp3) is 0.474. The van der Waals surface area contributed by atoms with E-state index in [0.29, 0.717) is 20.9 Å². The molecule has 7 heteroatoms. The fourth-order valence-electron chi connectivity index (χ4n) is 3.28. The van der Waals surface area contributed by atoms with Gasteiger partial charge in [0.2, 0.25) is 0 Å². The molecule has 1 N–H and O–H groups in total. The Hall–Kier alpha value is -1.21. The van der Waals surface area contributed by atoms with Crippen molar-refractivity contribution in [1.82, 2.24) is 10.2 Å². The summed E-state index contributed by atoms with van der Waals surface area (Å²) in [5.74, 6) is 0.452. The lowest BCUT2D eigenvalue weighted by atomic mass is 10.2. The minimum atomic E-state index is -0.227. The molecule has 2 heterocycles. The minimum Gasteiger partial charge on any atom is -0.376 e. The SMILES string of the molecule is O=C(NC(=S)N(CC1CC1)CC1CCCO1)c1sc2ccccc2c1Cl. The predicted octanol–water partition coefficient (Wildman–Crippen LogP) is 4.46. The fourth-order valence-corrected chi connectivity index (χ4v) is 4.93. The van der Waals surface area contributed by atoms with Crippen LogP contribution in [-0.2, 0) is 4.74 Å². The molecule has 1 aromatic heterocycles. The van der Waals surface area contributed by atoms with Crippen LogP contribution in [0.15, 0.2) is 24.3 Å². The van der Waals surface area contributed by atoms with Crippen molar-refractivity contribution in [2.24, 2.45) is 5.92 Å². The molecule has 0 radical (unpaired) electrons. The number of fused-ring (bicyclic) bond motifs is 1. The first-order valence-electron chi connectivity index (χ1n) is 9.00. The third kappa shape index (κ3) is 4.03. The number of hydrogen-bond acceptors (Lipinski definition) is 4. The average Bonchev–Trinajstić information content (AvgIpc) is 3.18. The summed E-state index contributed by atoms with van der Waals surface area (Å²) < 4.78 is 6.75. The number of carbonyl (C=O) groups excluding carboxylic acids is 1. The maximum atomic E-state index is 12.8. The number of benzene rings is 1. The van der Waals surface area contributed by atoms with E-state index in [1.807, 2.05) is 24.3 Å². The number of halogens is 1. The molecule has 1 saturated carbocycles. The molecule has 138 valence electrons. The second-order valence-electron chi connectivity index (χ2n) is 6.98. The molecule has 1 aliphatic heterocycles. The predicted molar refractivity (Wildman–Crippen MR) is 110 cm³/mol. The normalized spacial score (nSPS) is 19.7. The zero-order valence-electron chi connectivity index (χ0n) is 14.4. The van der Waals surface area contributed by atoms with Gasteiger partial charge >= 0.3 is 0 Å². The highest BCUT2D eigenvalue weighted by atomic mass is 35.5. The van der Waals surface area contributed by atoms with Crippen LogP contribution in [0.4, 0.5) is 0 Å². The van der Waals surface area contributed by atoms with Crippen LogP contribution in [0, 0.1) is 5.92 Å². The monoisotopic (exact) mass is 408 g/mol. The van der Waals surface area contributed by atoms with Crippen molar-refractivity contribution in [3.8, 4) is 0 Å². The summed E-state index contributed by atoms with van der Waals surface area (Å²) in [7, 11) is 0. The lowest BCUT2D eigenvalue weighted by Gasteiger charge is -2.27. The number of carbonyl (C=O) groups is 1. The molecule has 1 aliphatic carbocycles. The number of ether oxygens (including phenoxy) is 1. The topological polar surface area (TPSA) is 41.6 Å². The van der Waals surface area contributed by atoms with E-state index in [0.717, 1.165) is 42.6 Å². The van der Waals surface area contributed by atoms with E-state index >= 15 is 0 Å². The van der Waals surface area contributed by atoms with Crippen molar-refractivity contribution in [3.05, 3.63) is 34.2 Å². The summed E-state index contributed by atoms with van der Waals surface area (Å²) in [5, 5.41) is 4.78. The van der Waals surface area contributed by atoms with Gasteiger partial charge in [0, 0.05) is 29.8 Å². The molecule has 0 bridgehead atoms. The van der Waals surface area contributed by atoms with Gasteiger partial charge in [-0.3, -0.25) is 10.1 Å². The maximum absolute atomic E-state index is 12.8. The molecule has 2 aliphatic rings. The van der Waals surface area contributed by atoms with Crippen LogP contribution in [0.5, 0.6) is 0 Å². The largest absolute Gasteiger partial charge is 0.376 e. The molecule has 2 fully saturated rings. The zero-order chi connectivity index (χ0) is 18.1. The van der Waals surface area contributed by atoms with Crippen LogP contribution >= 0.6 is 35.2 Å². The van der Waals surface area contributed by atoms with Crippen LogP contribution in [0.1, 0.15) is 35.4 Å². The number of rotatable bonds is 5. The van der Waals surface area contributed by atoms with E-state index < -0.39 is 0 Å². The lowest BCUT2D eigenvalue weighted by molar-refractivity contribution is 0.0880. The smallest absolute Gasteiger partial charge is 0.269 e. The van der Waals surface area contributed by atoms with Gasteiger partial charge in [0.15, 0.2) is 5.11 Å². The Morgan fingerprint density at radius 2 is 2.12 bits per heavy atom. The quantitative estimate of drug-likeness (QED) is 0.741. The van der Waals surface area contributed by atoms with Crippen molar-refractivity contribution in [3.63, 3.8) is 0 Å². The summed E-state index contributed by atoms with van der Waals surface area (Å²) in [6.45, 7) is 2.45. The summed E-state index contributed by atoms with van der Waals surface area (Å²) in [4.78, 5) is 15.4. The molecule has 4 rings (SSSR count). The van der Waals surface area contributed by atoms with Gasteiger partial charge in [-0.1, -0.05) is 29.8 Å². The number of amides is 1. The molecule has 1 saturated heterocycles. The van der Waals surface area contributed by atoms with Crippen LogP contribution in [0.25, 0.3) is 10.1 Å². The molecular weight excluding hydrogens is 388 g/mol. The number of hydrogen-bond donors (Lipinski definition) is 1. The standard InChI is InChI=1S/C19H21ClN2O2S2/c20-16-14-5-1-2-6-15(14)26-17(16)18(23)21-19(25)22(10-12-7-8-12)11-13-4-3-9-24-13/h1-2,5-6,12-13H,3-4,7-11H2,(H,21,23,25). The molecule has 0 spiro atoms. The van der Waals surface area contributed by atoms with Crippen molar-refractivity contribution in [2.75, 3.05) is 19.7 Å². The number of nitrogens with one attached hydrogen (secondary N) is 1. The highest BCUT2D eigenvalue weighted by Gasteiger charge is 2.29. The van der Waals surface area contributed by atoms with Gasteiger partial charge in [-0.15, -0.1) is 11.3 Å². The minimum absolute atomic E-state index is 0.205. The molecule has 1 aromatic carbocycles. The summed E-state index contributed by atoms with van der Waals surface area (Å²) in [6, 6.07) is 7.77. The molecule has 1 amide bonds.